The lowest BCUT2D eigenvalue weighted by molar-refractivity contribution is 0.319. The van der Waals surface area contributed by atoms with Gasteiger partial charge < -0.3 is 10.1 Å². The molecule has 0 bridgehead atoms. The van der Waals surface area contributed by atoms with E-state index in [1.165, 1.54) is 0 Å². The van der Waals surface area contributed by atoms with Crippen LogP contribution in [0.1, 0.15) is 11.1 Å². The Hall–Kier alpha value is -2.29. The molecule has 0 spiro atoms. The van der Waals surface area contributed by atoms with Crippen LogP contribution >= 0.6 is 0 Å². The van der Waals surface area contributed by atoms with E-state index in [0.29, 0.717) is 5.71 Å². The zero-order chi connectivity index (χ0) is 13.0. The molecule has 0 unspecified atom stereocenters. The number of benzene rings is 2. The summed E-state index contributed by atoms with van der Waals surface area (Å²) >= 11 is 0. The molecule has 3 nitrogen and oxygen atoms in total. The summed E-state index contributed by atoms with van der Waals surface area (Å²) in [6.07, 6.45) is 0. The summed E-state index contributed by atoms with van der Waals surface area (Å²) in [5.41, 5.74) is 3.42. The van der Waals surface area contributed by atoms with Gasteiger partial charge in [0.2, 0.25) is 0 Å². The molecule has 0 saturated heterocycles. The van der Waals surface area contributed by atoms with Crippen molar-refractivity contribution < 1.29 is 5.21 Å². The van der Waals surface area contributed by atoms with Crippen molar-refractivity contribution in [2.45, 2.75) is 0 Å². The van der Waals surface area contributed by atoms with E-state index in [4.69, 9.17) is 0 Å². The van der Waals surface area contributed by atoms with Crippen LogP contribution in [0.2, 0.25) is 0 Å². The van der Waals surface area contributed by atoms with Gasteiger partial charge in [0, 0.05) is 30.9 Å². The normalized spacial score (nSPS) is 11.3. The lowest BCUT2D eigenvalue weighted by Crippen LogP contribution is -2.14. The first-order valence-electron chi connectivity index (χ1n) is 5.78. The fraction of sp³-hybridized carbons (Fsp3) is 0.133. The Bertz CT molecular complexity index is 547. The third kappa shape index (κ3) is 2.35. The molecule has 0 aromatic heterocycles. The minimum absolute atomic E-state index is 0.583. The number of hydrogen-bond donors (Lipinski definition) is 1. The molecule has 0 fully saturated rings. The number of rotatable bonds is 3. The van der Waals surface area contributed by atoms with Crippen molar-refractivity contribution in [1.29, 1.82) is 0 Å². The molecule has 18 heavy (non-hydrogen) atoms. The number of para-hydroxylation sites is 1. The van der Waals surface area contributed by atoms with Crippen molar-refractivity contribution in [2.24, 2.45) is 5.16 Å². The highest BCUT2D eigenvalue weighted by Crippen LogP contribution is 2.21. The Morgan fingerprint density at radius 2 is 1.56 bits per heavy atom. The van der Waals surface area contributed by atoms with Crippen molar-refractivity contribution in [1.82, 2.24) is 0 Å². The van der Waals surface area contributed by atoms with E-state index in [2.05, 4.69) is 5.16 Å². The van der Waals surface area contributed by atoms with Crippen LogP contribution in [-0.4, -0.2) is 25.0 Å². The second-order valence-corrected chi connectivity index (χ2v) is 4.23. The van der Waals surface area contributed by atoms with Gasteiger partial charge in [0.1, 0.15) is 5.71 Å². The van der Waals surface area contributed by atoms with Crippen LogP contribution in [0.25, 0.3) is 0 Å². The quantitative estimate of drug-likeness (QED) is 0.508. The molecule has 0 aliphatic rings. The molecule has 0 heterocycles. The maximum Gasteiger partial charge on any atom is 0.119 e. The molecule has 1 N–H and O–H groups in total. The second kappa shape index (κ2) is 5.36. The Morgan fingerprint density at radius 3 is 2.17 bits per heavy atom. The van der Waals surface area contributed by atoms with Crippen molar-refractivity contribution in [2.75, 3.05) is 19.0 Å². The van der Waals surface area contributed by atoms with Crippen LogP contribution in [0.4, 0.5) is 5.69 Å². The lowest BCUT2D eigenvalue weighted by Gasteiger charge is -2.17. The van der Waals surface area contributed by atoms with Gasteiger partial charge in [-0.25, -0.2) is 0 Å². The van der Waals surface area contributed by atoms with E-state index in [1.54, 1.807) is 0 Å². The van der Waals surface area contributed by atoms with Gasteiger partial charge in [-0.1, -0.05) is 53.7 Å². The first kappa shape index (κ1) is 12.2. The minimum Gasteiger partial charge on any atom is -0.410 e. The predicted octanol–water partition coefficient (Wildman–Crippen LogP) is 2.98. The summed E-state index contributed by atoms with van der Waals surface area (Å²) in [5, 5.41) is 12.8. The van der Waals surface area contributed by atoms with Gasteiger partial charge in [0.15, 0.2) is 0 Å². The number of oxime groups is 1. The third-order valence-electron chi connectivity index (χ3n) is 2.79. The van der Waals surface area contributed by atoms with Crippen molar-refractivity contribution >= 4 is 11.4 Å². The van der Waals surface area contributed by atoms with Crippen LogP contribution < -0.4 is 4.90 Å². The van der Waals surface area contributed by atoms with Crippen LogP contribution in [-0.2, 0) is 0 Å². The zero-order valence-corrected chi connectivity index (χ0v) is 10.5. The van der Waals surface area contributed by atoms with Gasteiger partial charge in [-0.3, -0.25) is 0 Å². The Balaban J connectivity index is 2.54. The largest absolute Gasteiger partial charge is 0.410 e. The third-order valence-corrected chi connectivity index (χ3v) is 2.79. The molecule has 2 rings (SSSR count). The summed E-state index contributed by atoms with van der Waals surface area (Å²) in [6.45, 7) is 0. The molecule has 92 valence electrons. The Kier molecular flexibility index (Phi) is 3.63. The Morgan fingerprint density at radius 1 is 0.944 bits per heavy atom. The molecule has 3 heteroatoms. The average Bonchev–Trinajstić information content (AvgIpc) is 2.41. The highest BCUT2D eigenvalue weighted by molar-refractivity contribution is 6.15. The monoisotopic (exact) mass is 240 g/mol. The van der Waals surface area contributed by atoms with Crippen LogP contribution in [0.5, 0.6) is 0 Å². The highest BCUT2D eigenvalue weighted by atomic mass is 16.4. The van der Waals surface area contributed by atoms with E-state index in [-0.39, 0.29) is 0 Å². The molecule has 0 aliphatic carbocycles. The molecule has 2 aromatic carbocycles. The molecular weight excluding hydrogens is 224 g/mol. The van der Waals surface area contributed by atoms with E-state index in [9.17, 15) is 5.21 Å². The van der Waals surface area contributed by atoms with Crippen molar-refractivity contribution in [3.05, 3.63) is 65.7 Å². The molecule has 0 atom stereocenters. The summed E-state index contributed by atoms with van der Waals surface area (Å²) in [5.74, 6) is 0. The lowest BCUT2D eigenvalue weighted by atomic mass is 10.0. The number of nitrogens with zero attached hydrogens (tertiary/aromatic N) is 2. The minimum atomic E-state index is 0.583. The average molecular weight is 240 g/mol. The first-order chi connectivity index (χ1) is 8.74. The number of anilines is 1. The van der Waals surface area contributed by atoms with E-state index in [1.807, 2.05) is 73.6 Å². The van der Waals surface area contributed by atoms with Crippen molar-refractivity contribution in [3.63, 3.8) is 0 Å². The summed E-state index contributed by atoms with van der Waals surface area (Å²) in [6, 6.07) is 17.5. The highest BCUT2D eigenvalue weighted by Gasteiger charge is 2.12. The molecule has 2 aromatic rings. The van der Waals surface area contributed by atoms with E-state index >= 15 is 0 Å². The van der Waals surface area contributed by atoms with Crippen LogP contribution in [0, 0.1) is 0 Å². The topological polar surface area (TPSA) is 35.8 Å². The molecule has 0 radical (unpaired) electrons. The molecule has 0 saturated carbocycles. The van der Waals surface area contributed by atoms with E-state index in [0.717, 1.165) is 16.8 Å². The van der Waals surface area contributed by atoms with Gasteiger partial charge in [0.25, 0.3) is 0 Å². The van der Waals surface area contributed by atoms with Gasteiger partial charge in [-0.15, -0.1) is 0 Å². The van der Waals surface area contributed by atoms with Gasteiger partial charge in [-0.2, -0.15) is 0 Å². The van der Waals surface area contributed by atoms with Gasteiger partial charge >= 0.3 is 0 Å². The first-order valence-corrected chi connectivity index (χ1v) is 5.78. The molecule has 0 amide bonds. The van der Waals surface area contributed by atoms with E-state index < -0.39 is 0 Å². The Labute approximate surface area is 107 Å². The van der Waals surface area contributed by atoms with Gasteiger partial charge in [-0.05, 0) is 6.07 Å². The van der Waals surface area contributed by atoms with Crippen LogP contribution in [0.15, 0.2) is 59.8 Å². The molecule has 0 aliphatic heterocycles. The van der Waals surface area contributed by atoms with Crippen molar-refractivity contribution in [3.8, 4) is 0 Å². The predicted molar refractivity (Wildman–Crippen MR) is 74.6 cm³/mol. The van der Waals surface area contributed by atoms with Crippen LogP contribution in [0.3, 0.4) is 0 Å². The number of hydrogen-bond acceptors (Lipinski definition) is 3. The second-order valence-electron chi connectivity index (χ2n) is 4.23. The summed E-state index contributed by atoms with van der Waals surface area (Å²) in [7, 11) is 3.94. The summed E-state index contributed by atoms with van der Waals surface area (Å²) in [4.78, 5) is 2.00. The standard InChI is InChI=1S/C15H16N2O/c1-17(2)14-11-7-6-10-13(14)15(16-18)12-8-4-3-5-9-12/h3-11,18H,1-2H3. The smallest absolute Gasteiger partial charge is 0.119 e. The summed E-state index contributed by atoms with van der Waals surface area (Å²) < 4.78 is 0. The SMILES string of the molecule is CN(C)c1ccccc1C(=NO)c1ccccc1. The zero-order valence-electron chi connectivity index (χ0n) is 10.5. The fourth-order valence-electron chi connectivity index (χ4n) is 1.93. The maximum absolute atomic E-state index is 9.31. The molecular formula is C15H16N2O. The van der Waals surface area contributed by atoms with Gasteiger partial charge in [0.05, 0.1) is 0 Å². The maximum atomic E-state index is 9.31. The fourth-order valence-corrected chi connectivity index (χ4v) is 1.93.